The van der Waals surface area contributed by atoms with Gasteiger partial charge in [-0.05, 0) is 25.2 Å². The number of amides is 1. The smallest absolute Gasteiger partial charge is 0.220 e. The van der Waals surface area contributed by atoms with Crippen LogP contribution in [0.3, 0.4) is 0 Å². The second-order valence-electron chi connectivity index (χ2n) is 15.0. The normalized spacial score (nSPS) is 13.7. The van der Waals surface area contributed by atoms with E-state index in [-0.39, 0.29) is 12.5 Å². The van der Waals surface area contributed by atoms with Crippen LogP contribution in [0, 0.1) is 5.92 Å². The number of carbonyl (C=O) groups excluding carboxylic acids is 1. The predicted octanol–water partition coefficient (Wildman–Crippen LogP) is 12.9. The van der Waals surface area contributed by atoms with Crippen LogP contribution in [0.5, 0.6) is 0 Å². The summed E-state index contributed by atoms with van der Waals surface area (Å²) in [5.41, 5.74) is 0. The number of unbranched alkanes of at least 4 members (excludes halogenated alkanes) is 27. The van der Waals surface area contributed by atoms with Gasteiger partial charge in [-0.2, -0.15) is 0 Å². The molecule has 0 saturated carbocycles. The summed E-state index contributed by atoms with van der Waals surface area (Å²) in [6.07, 6.45) is 46.0. The lowest BCUT2D eigenvalue weighted by Gasteiger charge is -2.20. The van der Waals surface area contributed by atoms with Crippen LogP contribution in [-0.2, 0) is 4.79 Å². The third-order valence-corrected chi connectivity index (χ3v) is 10.2. The van der Waals surface area contributed by atoms with Crippen LogP contribution in [0.15, 0.2) is 12.2 Å². The molecule has 0 aliphatic heterocycles. The SMILES string of the molecule is CCCCCCCCCCCCCCCCCCCCCCCC(=O)NC(CO)C(O)/C=C/CCCC(C)CCCCCCCCC. The van der Waals surface area contributed by atoms with Crippen molar-refractivity contribution in [3.05, 3.63) is 12.2 Å². The summed E-state index contributed by atoms with van der Waals surface area (Å²) in [6, 6.07) is -0.620. The number of aliphatic hydroxyl groups excluding tert-OH is 2. The van der Waals surface area contributed by atoms with Crippen molar-refractivity contribution in [3.63, 3.8) is 0 Å². The molecule has 4 nitrogen and oxygen atoms in total. The van der Waals surface area contributed by atoms with Crippen molar-refractivity contribution >= 4 is 5.91 Å². The highest BCUT2D eigenvalue weighted by Crippen LogP contribution is 2.18. The molecule has 3 unspecified atom stereocenters. The van der Waals surface area contributed by atoms with E-state index in [9.17, 15) is 15.0 Å². The van der Waals surface area contributed by atoms with Gasteiger partial charge in [0.1, 0.15) is 0 Å². The predicted molar refractivity (Wildman–Crippen MR) is 207 cm³/mol. The van der Waals surface area contributed by atoms with Crippen molar-refractivity contribution in [1.82, 2.24) is 5.32 Å². The van der Waals surface area contributed by atoms with Crippen LogP contribution in [0.4, 0.5) is 0 Å². The van der Waals surface area contributed by atoms with Gasteiger partial charge in [-0.15, -0.1) is 0 Å². The van der Waals surface area contributed by atoms with Crippen molar-refractivity contribution in [2.24, 2.45) is 5.92 Å². The zero-order valence-corrected chi connectivity index (χ0v) is 32.2. The standard InChI is InChI=1S/C43H85NO3/c1-4-6-8-10-12-13-14-15-16-17-18-19-20-21-22-23-24-25-27-29-34-38-43(47)44-41(39-45)42(46)37-33-30-32-36-40(3)35-31-28-26-11-9-7-5-2/h33,37,40-42,45-46H,4-32,34-36,38-39H2,1-3H3,(H,44,47)/b37-33+. The van der Waals surface area contributed by atoms with Crippen molar-refractivity contribution in [2.45, 2.75) is 245 Å². The van der Waals surface area contributed by atoms with Gasteiger partial charge in [0.05, 0.1) is 18.8 Å². The summed E-state index contributed by atoms with van der Waals surface area (Å²) in [5, 5.41) is 23.0. The molecule has 3 atom stereocenters. The molecular formula is C43H85NO3. The molecule has 0 aliphatic carbocycles. The molecule has 47 heavy (non-hydrogen) atoms. The number of hydrogen-bond acceptors (Lipinski definition) is 3. The van der Waals surface area contributed by atoms with Gasteiger partial charge in [0.25, 0.3) is 0 Å². The number of allylic oxidation sites excluding steroid dienone is 1. The molecule has 0 rings (SSSR count). The minimum absolute atomic E-state index is 0.0616. The van der Waals surface area contributed by atoms with E-state index in [0.29, 0.717) is 6.42 Å². The Hall–Kier alpha value is -0.870. The lowest BCUT2D eigenvalue weighted by atomic mass is 9.96. The number of rotatable bonds is 38. The molecule has 3 N–H and O–H groups in total. The van der Waals surface area contributed by atoms with Crippen LogP contribution in [0.2, 0.25) is 0 Å². The summed E-state index contributed by atoms with van der Waals surface area (Å²) in [6.45, 7) is 6.67. The van der Waals surface area contributed by atoms with Gasteiger partial charge >= 0.3 is 0 Å². The number of hydrogen-bond donors (Lipinski definition) is 3. The van der Waals surface area contributed by atoms with E-state index in [1.54, 1.807) is 6.08 Å². The summed E-state index contributed by atoms with van der Waals surface area (Å²) in [4.78, 5) is 12.4. The molecule has 1 amide bonds. The lowest BCUT2D eigenvalue weighted by Crippen LogP contribution is -2.45. The zero-order chi connectivity index (χ0) is 34.5. The molecule has 0 saturated heterocycles. The van der Waals surface area contributed by atoms with Gasteiger partial charge in [0.15, 0.2) is 0 Å². The van der Waals surface area contributed by atoms with Crippen LogP contribution in [0.1, 0.15) is 233 Å². The summed E-state index contributed by atoms with van der Waals surface area (Å²) < 4.78 is 0. The maximum Gasteiger partial charge on any atom is 0.220 e. The Morgan fingerprint density at radius 3 is 1.32 bits per heavy atom. The number of nitrogens with one attached hydrogen (secondary N) is 1. The number of carbonyl (C=O) groups is 1. The largest absolute Gasteiger partial charge is 0.394 e. The van der Waals surface area contributed by atoms with E-state index < -0.39 is 12.1 Å². The lowest BCUT2D eigenvalue weighted by molar-refractivity contribution is -0.123. The summed E-state index contributed by atoms with van der Waals surface area (Å²) >= 11 is 0. The fourth-order valence-corrected chi connectivity index (χ4v) is 6.78. The van der Waals surface area contributed by atoms with Crippen molar-refractivity contribution < 1.29 is 15.0 Å². The maximum absolute atomic E-state index is 12.4. The molecule has 0 bridgehead atoms. The first kappa shape index (κ1) is 46.1. The average Bonchev–Trinajstić information content (AvgIpc) is 3.07. The Morgan fingerprint density at radius 2 is 0.915 bits per heavy atom. The molecule has 0 aromatic carbocycles. The average molecular weight is 664 g/mol. The Kier molecular flexibility index (Phi) is 37.2. The Labute approximate surface area is 295 Å². The first-order chi connectivity index (χ1) is 23.0. The van der Waals surface area contributed by atoms with E-state index in [1.165, 1.54) is 180 Å². The highest BCUT2D eigenvalue weighted by Gasteiger charge is 2.18. The fraction of sp³-hybridized carbons (Fsp3) is 0.930. The van der Waals surface area contributed by atoms with Crippen LogP contribution >= 0.6 is 0 Å². The second-order valence-corrected chi connectivity index (χ2v) is 15.0. The molecule has 0 aromatic heterocycles. The van der Waals surface area contributed by atoms with E-state index in [1.807, 2.05) is 6.08 Å². The molecule has 0 fully saturated rings. The molecule has 0 heterocycles. The topological polar surface area (TPSA) is 69.6 Å². The monoisotopic (exact) mass is 664 g/mol. The maximum atomic E-state index is 12.4. The van der Waals surface area contributed by atoms with Gasteiger partial charge in [0, 0.05) is 6.42 Å². The quantitative estimate of drug-likeness (QED) is 0.0455. The van der Waals surface area contributed by atoms with Crippen LogP contribution < -0.4 is 5.32 Å². The van der Waals surface area contributed by atoms with Gasteiger partial charge in [0.2, 0.25) is 5.91 Å². The minimum Gasteiger partial charge on any atom is -0.394 e. The molecular weight excluding hydrogens is 578 g/mol. The van der Waals surface area contributed by atoms with E-state index in [2.05, 4.69) is 26.1 Å². The Bertz CT molecular complexity index is 651. The highest BCUT2D eigenvalue weighted by molar-refractivity contribution is 5.76. The van der Waals surface area contributed by atoms with Gasteiger partial charge in [-0.25, -0.2) is 0 Å². The summed E-state index contributed by atoms with van der Waals surface area (Å²) in [5.74, 6) is 0.695. The first-order valence-electron chi connectivity index (χ1n) is 21.3. The minimum atomic E-state index is -0.839. The Morgan fingerprint density at radius 1 is 0.553 bits per heavy atom. The number of aliphatic hydroxyl groups is 2. The van der Waals surface area contributed by atoms with Crippen molar-refractivity contribution in [3.8, 4) is 0 Å². The van der Waals surface area contributed by atoms with Crippen LogP contribution in [-0.4, -0.2) is 34.9 Å². The molecule has 0 spiro atoms. The third-order valence-electron chi connectivity index (χ3n) is 10.2. The van der Waals surface area contributed by atoms with Crippen molar-refractivity contribution in [2.75, 3.05) is 6.61 Å². The van der Waals surface area contributed by atoms with Crippen LogP contribution in [0.25, 0.3) is 0 Å². The highest BCUT2D eigenvalue weighted by atomic mass is 16.3. The fourth-order valence-electron chi connectivity index (χ4n) is 6.78. The molecule has 0 radical (unpaired) electrons. The molecule has 0 aliphatic rings. The third kappa shape index (κ3) is 34.8. The van der Waals surface area contributed by atoms with Gasteiger partial charge in [-0.1, -0.05) is 219 Å². The van der Waals surface area contributed by atoms with Crippen molar-refractivity contribution in [1.29, 1.82) is 0 Å². The van der Waals surface area contributed by atoms with E-state index >= 15 is 0 Å². The van der Waals surface area contributed by atoms with Gasteiger partial charge < -0.3 is 15.5 Å². The van der Waals surface area contributed by atoms with Gasteiger partial charge in [-0.3, -0.25) is 4.79 Å². The summed E-state index contributed by atoms with van der Waals surface area (Å²) in [7, 11) is 0. The molecule has 4 heteroatoms. The van der Waals surface area contributed by atoms with E-state index in [0.717, 1.165) is 31.6 Å². The molecule has 0 aromatic rings. The first-order valence-corrected chi connectivity index (χ1v) is 21.3. The molecule has 280 valence electrons. The van der Waals surface area contributed by atoms with E-state index in [4.69, 9.17) is 0 Å². The Balaban J connectivity index is 3.59. The zero-order valence-electron chi connectivity index (χ0n) is 32.2. The second kappa shape index (κ2) is 37.9.